The second kappa shape index (κ2) is 13.3. The van der Waals surface area contributed by atoms with Crippen LogP contribution in [0.1, 0.15) is 37.7 Å². The van der Waals surface area contributed by atoms with Crippen molar-refractivity contribution in [3.63, 3.8) is 0 Å². The molecule has 1 N–H and O–H groups in total. The van der Waals surface area contributed by atoms with Crippen molar-refractivity contribution in [2.75, 3.05) is 19.6 Å². The van der Waals surface area contributed by atoms with Crippen LogP contribution < -0.4 is 5.32 Å². The Kier molecular flexibility index (Phi) is 11.2. The molecule has 2 aromatic carbocycles. The molecule has 0 saturated heterocycles. The molecule has 0 spiro atoms. The molecule has 2 aromatic rings. The van der Waals surface area contributed by atoms with Crippen LogP contribution in [0.3, 0.4) is 0 Å². The minimum atomic E-state index is 0. The molecule has 0 bridgehead atoms. The lowest BCUT2D eigenvalue weighted by Crippen LogP contribution is -2.40. The number of hydrogen-bond donors (Lipinski definition) is 1. The first-order chi connectivity index (χ1) is 11.9. The average Bonchev–Trinajstić information content (AvgIpc) is 2.90. The molecule has 3 heteroatoms. The van der Waals surface area contributed by atoms with Gasteiger partial charge in [-0.05, 0) is 26.2 Å². The number of nitrogens with one attached hydrogen (secondary N) is 1. The predicted molar refractivity (Wildman–Crippen MR) is 109 cm³/mol. The SMILES string of the molecule is C1CCC2=[N+](CC1)CCCN2.Cc1ccccc1.[B].c1ccccc1. The van der Waals surface area contributed by atoms with E-state index in [9.17, 15) is 0 Å². The van der Waals surface area contributed by atoms with E-state index in [2.05, 4.69) is 28.9 Å². The minimum absolute atomic E-state index is 0. The van der Waals surface area contributed by atoms with Gasteiger partial charge in [-0.2, -0.15) is 0 Å². The molecule has 2 heterocycles. The van der Waals surface area contributed by atoms with Gasteiger partial charge in [0.1, 0.15) is 0 Å². The first-order valence-electron chi connectivity index (χ1n) is 9.22. The smallest absolute Gasteiger partial charge is 0.244 e. The second-order valence-electron chi connectivity index (χ2n) is 6.33. The summed E-state index contributed by atoms with van der Waals surface area (Å²) in [6.07, 6.45) is 6.81. The van der Waals surface area contributed by atoms with E-state index in [1.54, 1.807) is 0 Å². The molecular formula is C22H31BN2+. The average molecular weight is 334 g/mol. The van der Waals surface area contributed by atoms with E-state index in [1.165, 1.54) is 63.1 Å². The predicted octanol–water partition coefficient (Wildman–Crippen LogP) is 4.27. The molecule has 2 nitrogen and oxygen atoms in total. The minimum Gasteiger partial charge on any atom is -0.278 e. The highest BCUT2D eigenvalue weighted by Gasteiger charge is 2.19. The third-order valence-electron chi connectivity index (χ3n) is 4.26. The summed E-state index contributed by atoms with van der Waals surface area (Å²) < 4.78 is 2.54. The van der Waals surface area contributed by atoms with Crippen molar-refractivity contribution in [1.29, 1.82) is 0 Å². The third kappa shape index (κ3) is 9.14. The van der Waals surface area contributed by atoms with E-state index in [4.69, 9.17) is 0 Å². The quantitative estimate of drug-likeness (QED) is 0.562. The highest BCUT2D eigenvalue weighted by Crippen LogP contribution is 2.08. The standard InChI is InChI=1S/C9H16N2.C7H8.C6H6.B/c1-2-5-9-10-6-4-8-11(9)7-3-1;1-7-5-3-2-4-6-7;1-2-4-6-5-3-1;/h1-8H2;2-6H,1H3;1-6H;/p+1. The van der Waals surface area contributed by atoms with Crippen molar-refractivity contribution in [2.24, 2.45) is 0 Å². The maximum absolute atomic E-state index is 3.50. The van der Waals surface area contributed by atoms with Gasteiger partial charge in [0.25, 0.3) is 0 Å². The van der Waals surface area contributed by atoms with E-state index in [-0.39, 0.29) is 8.41 Å². The molecule has 2 aliphatic rings. The van der Waals surface area contributed by atoms with Crippen LogP contribution in [-0.2, 0) is 0 Å². The van der Waals surface area contributed by atoms with Crippen LogP contribution in [-0.4, -0.2) is 38.5 Å². The van der Waals surface area contributed by atoms with Crippen molar-refractivity contribution in [1.82, 2.24) is 5.32 Å². The molecule has 0 aromatic heterocycles. The Bertz CT molecular complexity index is 537. The van der Waals surface area contributed by atoms with Crippen molar-refractivity contribution >= 4 is 14.2 Å². The third-order valence-corrected chi connectivity index (χ3v) is 4.26. The van der Waals surface area contributed by atoms with E-state index in [1.807, 2.05) is 54.6 Å². The molecule has 2 aliphatic heterocycles. The first kappa shape index (κ1) is 21.0. The van der Waals surface area contributed by atoms with Gasteiger partial charge in [0.15, 0.2) is 0 Å². The Hall–Kier alpha value is -2.03. The summed E-state index contributed by atoms with van der Waals surface area (Å²) in [5.41, 5.74) is 1.32. The zero-order valence-corrected chi connectivity index (χ0v) is 15.5. The van der Waals surface area contributed by atoms with Gasteiger partial charge in [-0.3, -0.25) is 9.89 Å². The lowest BCUT2D eigenvalue weighted by molar-refractivity contribution is -0.534. The van der Waals surface area contributed by atoms with Crippen LogP contribution in [0.15, 0.2) is 66.7 Å². The van der Waals surface area contributed by atoms with Gasteiger partial charge in [-0.1, -0.05) is 72.3 Å². The molecule has 4 rings (SSSR count). The maximum atomic E-state index is 3.50. The fourth-order valence-corrected chi connectivity index (χ4v) is 2.93. The van der Waals surface area contributed by atoms with Gasteiger partial charge in [0.2, 0.25) is 5.84 Å². The molecule has 0 amide bonds. The Labute approximate surface area is 155 Å². The highest BCUT2D eigenvalue weighted by molar-refractivity contribution is 5.77. The second-order valence-corrected chi connectivity index (χ2v) is 6.33. The first-order valence-corrected chi connectivity index (χ1v) is 9.22. The van der Waals surface area contributed by atoms with Gasteiger partial charge in [0, 0.05) is 21.3 Å². The molecular weight excluding hydrogens is 303 g/mol. The van der Waals surface area contributed by atoms with Gasteiger partial charge >= 0.3 is 0 Å². The number of amidine groups is 1. The summed E-state index contributed by atoms with van der Waals surface area (Å²) in [4.78, 5) is 0. The van der Waals surface area contributed by atoms with E-state index in [0.29, 0.717) is 0 Å². The number of benzene rings is 2. The van der Waals surface area contributed by atoms with Crippen LogP contribution in [0, 0.1) is 6.92 Å². The number of aryl methyl sites for hydroxylation is 1. The van der Waals surface area contributed by atoms with Crippen molar-refractivity contribution < 1.29 is 4.58 Å². The summed E-state index contributed by atoms with van der Waals surface area (Å²) in [6.45, 7) is 5.87. The summed E-state index contributed by atoms with van der Waals surface area (Å²) in [5, 5.41) is 3.50. The molecule has 0 atom stereocenters. The monoisotopic (exact) mass is 334 g/mol. The summed E-state index contributed by atoms with van der Waals surface area (Å²) in [5.74, 6) is 1.52. The summed E-state index contributed by atoms with van der Waals surface area (Å²) in [7, 11) is 0. The molecule has 0 aliphatic carbocycles. The molecule has 25 heavy (non-hydrogen) atoms. The highest BCUT2D eigenvalue weighted by atomic mass is 15.1. The Morgan fingerprint density at radius 3 is 1.84 bits per heavy atom. The van der Waals surface area contributed by atoms with Crippen molar-refractivity contribution in [3.05, 3.63) is 72.3 Å². The summed E-state index contributed by atoms with van der Waals surface area (Å²) >= 11 is 0. The fraction of sp³-hybridized carbons (Fsp3) is 0.409. The molecule has 3 radical (unpaired) electrons. The van der Waals surface area contributed by atoms with E-state index >= 15 is 0 Å². The van der Waals surface area contributed by atoms with Crippen LogP contribution in [0.2, 0.25) is 0 Å². The lowest BCUT2D eigenvalue weighted by atomic mass is 10.2. The number of rotatable bonds is 0. The maximum Gasteiger partial charge on any atom is 0.244 e. The molecule has 0 unspecified atom stereocenters. The van der Waals surface area contributed by atoms with Crippen LogP contribution >= 0.6 is 0 Å². The number of hydrogen-bond acceptors (Lipinski definition) is 1. The van der Waals surface area contributed by atoms with Crippen molar-refractivity contribution in [2.45, 2.75) is 39.0 Å². The molecule has 0 fully saturated rings. The Balaban J connectivity index is 0.000000195. The van der Waals surface area contributed by atoms with Crippen molar-refractivity contribution in [3.8, 4) is 0 Å². The fourth-order valence-electron chi connectivity index (χ4n) is 2.93. The largest absolute Gasteiger partial charge is 0.278 e. The topological polar surface area (TPSA) is 15.0 Å². The van der Waals surface area contributed by atoms with E-state index in [0.717, 1.165) is 0 Å². The lowest BCUT2D eigenvalue weighted by Gasteiger charge is -2.14. The zero-order chi connectivity index (χ0) is 16.9. The van der Waals surface area contributed by atoms with Gasteiger partial charge < -0.3 is 0 Å². The normalized spacial score (nSPS) is 15.6. The summed E-state index contributed by atoms with van der Waals surface area (Å²) in [6, 6.07) is 22.3. The van der Waals surface area contributed by atoms with Crippen LogP contribution in [0.5, 0.6) is 0 Å². The van der Waals surface area contributed by atoms with Crippen LogP contribution in [0.25, 0.3) is 0 Å². The molecule has 131 valence electrons. The Morgan fingerprint density at radius 1 is 0.720 bits per heavy atom. The van der Waals surface area contributed by atoms with E-state index < -0.39 is 0 Å². The zero-order valence-electron chi connectivity index (χ0n) is 15.5. The van der Waals surface area contributed by atoms with Gasteiger partial charge in [-0.25, -0.2) is 0 Å². The molecule has 0 saturated carbocycles. The van der Waals surface area contributed by atoms with Gasteiger partial charge in [0.05, 0.1) is 19.6 Å². The van der Waals surface area contributed by atoms with Gasteiger partial charge in [-0.15, -0.1) is 0 Å². The number of nitrogens with zero attached hydrogens (tertiary/aromatic N) is 1. The van der Waals surface area contributed by atoms with Crippen LogP contribution in [0.4, 0.5) is 0 Å². The Morgan fingerprint density at radius 2 is 1.28 bits per heavy atom.